The SMILES string of the molecule is O=C(O)/C=C/c1ccccc1CCCl. The van der Waals surface area contributed by atoms with Crippen molar-refractivity contribution >= 4 is 23.6 Å². The molecule has 0 amide bonds. The lowest BCUT2D eigenvalue weighted by atomic mass is 10.1. The van der Waals surface area contributed by atoms with Crippen LogP contribution in [-0.2, 0) is 11.2 Å². The molecule has 0 aliphatic rings. The van der Waals surface area contributed by atoms with Crippen LogP contribution < -0.4 is 0 Å². The third kappa shape index (κ3) is 3.23. The highest BCUT2D eigenvalue weighted by Gasteiger charge is 1.97. The van der Waals surface area contributed by atoms with Crippen LogP contribution in [0, 0.1) is 0 Å². The van der Waals surface area contributed by atoms with Gasteiger partial charge < -0.3 is 5.11 Å². The molecule has 0 atom stereocenters. The zero-order valence-corrected chi connectivity index (χ0v) is 8.37. The summed E-state index contributed by atoms with van der Waals surface area (Å²) < 4.78 is 0. The van der Waals surface area contributed by atoms with Crippen LogP contribution in [0.2, 0.25) is 0 Å². The van der Waals surface area contributed by atoms with E-state index in [-0.39, 0.29) is 0 Å². The van der Waals surface area contributed by atoms with Gasteiger partial charge in [0.25, 0.3) is 0 Å². The van der Waals surface area contributed by atoms with Crippen LogP contribution in [0.5, 0.6) is 0 Å². The van der Waals surface area contributed by atoms with Gasteiger partial charge in [0, 0.05) is 12.0 Å². The standard InChI is InChI=1S/C11H11ClO2/c12-8-7-10-4-2-1-3-9(10)5-6-11(13)14/h1-6H,7-8H2,(H,13,14)/b6-5+. The summed E-state index contributed by atoms with van der Waals surface area (Å²) in [6, 6.07) is 7.62. The Morgan fingerprint density at radius 2 is 2.14 bits per heavy atom. The fourth-order valence-corrected chi connectivity index (χ4v) is 1.39. The van der Waals surface area contributed by atoms with Gasteiger partial charge in [0.2, 0.25) is 0 Å². The molecule has 0 aliphatic heterocycles. The molecule has 1 aromatic carbocycles. The topological polar surface area (TPSA) is 37.3 Å². The summed E-state index contributed by atoms with van der Waals surface area (Å²) in [4.78, 5) is 10.3. The Labute approximate surface area is 87.8 Å². The van der Waals surface area contributed by atoms with Crippen molar-refractivity contribution in [1.29, 1.82) is 0 Å². The van der Waals surface area contributed by atoms with Crippen molar-refractivity contribution in [2.75, 3.05) is 5.88 Å². The normalized spacial score (nSPS) is 10.6. The minimum absolute atomic E-state index is 0.540. The van der Waals surface area contributed by atoms with Crippen molar-refractivity contribution in [2.45, 2.75) is 6.42 Å². The molecule has 0 heterocycles. The maximum atomic E-state index is 10.3. The molecule has 0 aromatic heterocycles. The fraction of sp³-hybridized carbons (Fsp3) is 0.182. The lowest BCUT2D eigenvalue weighted by molar-refractivity contribution is -0.131. The lowest BCUT2D eigenvalue weighted by Crippen LogP contribution is -1.91. The number of benzene rings is 1. The zero-order chi connectivity index (χ0) is 10.4. The number of rotatable bonds is 4. The summed E-state index contributed by atoms with van der Waals surface area (Å²) in [6.45, 7) is 0. The second-order valence-corrected chi connectivity index (χ2v) is 3.19. The van der Waals surface area contributed by atoms with E-state index in [9.17, 15) is 4.79 Å². The van der Waals surface area contributed by atoms with Gasteiger partial charge in [-0.15, -0.1) is 11.6 Å². The van der Waals surface area contributed by atoms with E-state index in [1.54, 1.807) is 6.08 Å². The van der Waals surface area contributed by atoms with Crippen LogP contribution in [0.1, 0.15) is 11.1 Å². The molecule has 1 aromatic rings. The fourth-order valence-electron chi connectivity index (χ4n) is 1.19. The van der Waals surface area contributed by atoms with Crippen molar-refractivity contribution in [1.82, 2.24) is 0 Å². The number of hydrogen-bond acceptors (Lipinski definition) is 1. The average molecular weight is 211 g/mol. The van der Waals surface area contributed by atoms with Crippen molar-refractivity contribution < 1.29 is 9.90 Å². The summed E-state index contributed by atoms with van der Waals surface area (Å²) in [5.41, 5.74) is 1.98. The van der Waals surface area contributed by atoms with Gasteiger partial charge in [-0.05, 0) is 23.6 Å². The first-order valence-electron chi connectivity index (χ1n) is 4.29. The number of halogens is 1. The van der Waals surface area contributed by atoms with Crippen LogP contribution in [0.25, 0.3) is 6.08 Å². The van der Waals surface area contributed by atoms with Crippen molar-refractivity contribution in [3.05, 3.63) is 41.5 Å². The maximum Gasteiger partial charge on any atom is 0.328 e. The number of carboxylic acid groups (broad SMARTS) is 1. The molecule has 0 fully saturated rings. The first kappa shape index (κ1) is 10.8. The van der Waals surface area contributed by atoms with Gasteiger partial charge in [0.15, 0.2) is 0 Å². The predicted molar refractivity (Wildman–Crippen MR) is 57.5 cm³/mol. The minimum atomic E-state index is -0.939. The summed E-state index contributed by atoms with van der Waals surface area (Å²) in [6.07, 6.45) is 3.47. The molecular weight excluding hydrogens is 200 g/mol. The Hall–Kier alpha value is -1.28. The van der Waals surface area contributed by atoms with E-state index < -0.39 is 5.97 Å². The van der Waals surface area contributed by atoms with Gasteiger partial charge in [0.05, 0.1) is 0 Å². The van der Waals surface area contributed by atoms with Gasteiger partial charge >= 0.3 is 5.97 Å². The van der Waals surface area contributed by atoms with E-state index >= 15 is 0 Å². The van der Waals surface area contributed by atoms with E-state index in [1.807, 2.05) is 24.3 Å². The smallest absolute Gasteiger partial charge is 0.328 e. The summed E-state index contributed by atoms with van der Waals surface area (Å²) in [5.74, 6) is -0.400. The molecule has 0 bridgehead atoms. The number of aliphatic carboxylic acids is 1. The Morgan fingerprint density at radius 1 is 1.43 bits per heavy atom. The molecule has 1 rings (SSSR count). The molecule has 3 heteroatoms. The van der Waals surface area contributed by atoms with Crippen LogP contribution >= 0.6 is 11.6 Å². The largest absolute Gasteiger partial charge is 0.478 e. The Kier molecular flexibility index (Phi) is 4.20. The van der Waals surface area contributed by atoms with Gasteiger partial charge in [-0.2, -0.15) is 0 Å². The predicted octanol–water partition coefficient (Wildman–Crippen LogP) is 2.57. The van der Waals surface area contributed by atoms with Gasteiger partial charge in [-0.3, -0.25) is 0 Å². The molecule has 2 nitrogen and oxygen atoms in total. The molecule has 0 radical (unpaired) electrons. The third-order valence-electron chi connectivity index (χ3n) is 1.82. The number of carbonyl (C=O) groups is 1. The molecule has 1 N–H and O–H groups in total. The summed E-state index contributed by atoms with van der Waals surface area (Å²) in [5, 5.41) is 8.48. The molecule has 0 saturated carbocycles. The Bertz CT molecular complexity index is 345. The van der Waals surface area contributed by atoms with E-state index in [0.717, 1.165) is 23.6 Å². The van der Waals surface area contributed by atoms with Crippen LogP contribution in [0.3, 0.4) is 0 Å². The molecular formula is C11H11ClO2. The number of aryl methyl sites for hydroxylation is 1. The van der Waals surface area contributed by atoms with Crippen molar-refractivity contribution in [3.8, 4) is 0 Å². The molecule has 14 heavy (non-hydrogen) atoms. The van der Waals surface area contributed by atoms with Crippen molar-refractivity contribution in [3.63, 3.8) is 0 Å². The average Bonchev–Trinajstić information content (AvgIpc) is 2.17. The molecule has 0 aliphatic carbocycles. The third-order valence-corrected chi connectivity index (χ3v) is 2.01. The summed E-state index contributed by atoms with van der Waals surface area (Å²) >= 11 is 5.63. The van der Waals surface area contributed by atoms with Gasteiger partial charge in [-0.25, -0.2) is 4.79 Å². The second kappa shape index (κ2) is 5.45. The zero-order valence-electron chi connectivity index (χ0n) is 7.61. The molecule has 0 saturated heterocycles. The number of alkyl halides is 1. The quantitative estimate of drug-likeness (QED) is 0.613. The molecule has 0 spiro atoms. The van der Waals surface area contributed by atoms with E-state index in [2.05, 4.69) is 0 Å². The van der Waals surface area contributed by atoms with Gasteiger partial charge in [-0.1, -0.05) is 24.3 Å². The highest BCUT2D eigenvalue weighted by Crippen LogP contribution is 2.11. The Balaban J connectivity index is 2.89. The van der Waals surface area contributed by atoms with Crippen LogP contribution in [0.4, 0.5) is 0 Å². The molecule has 74 valence electrons. The van der Waals surface area contributed by atoms with E-state index in [4.69, 9.17) is 16.7 Å². The van der Waals surface area contributed by atoms with E-state index in [0.29, 0.717) is 5.88 Å². The highest BCUT2D eigenvalue weighted by molar-refractivity contribution is 6.18. The Morgan fingerprint density at radius 3 is 2.79 bits per heavy atom. The lowest BCUT2D eigenvalue weighted by Gasteiger charge is -2.02. The number of carboxylic acids is 1. The number of hydrogen-bond donors (Lipinski definition) is 1. The van der Waals surface area contributed by atoms with Gasteiger partial charge in [0.1, 0.15) is 0 Å². The summed E-state index contributed by atoms with van der Waals surface area (Å²) in [7, 11) is 0. The van der Waals surface area contributed by atoms with E-state index in [1.165, 1.54) is 0 Å². The minimum Gasteiger partial charge on any atom is -0.478 e. The van der Waals surface area contributed by atoms with Crippen molar-refractivity contribution in [2.24, 2.45) is 0 Å². The first-order chi connectivity index (χ1) is 6.74. The highest BCUT2D eigenvalue weighted by atomic mass is 35.5. The second-order valence-electron chi connectivity index (χ2n) is 2.81. The van der Waals surface area contributed by atoms with Crippen LogP contribution in [0.15, 0.2) is 30.3 Å². The maximum absolute atomic E-state index is 10.3. The monoisotopic (exact) mass is 210 g/mol. The molecule has 0 unspecified atom stereocenters. The first-order valence-corrected chi connectivity index (χ1v) is 4.82. The van der Waals surface area contributed by atoms with Crippen LogP contribution in [-0.4, -0.2) is 17.0 Å².